The minimum atomic E-state index is -2.04. The third-order valence-corrected chi connectivity index (χ3v) is 28.4. The van der Waals surface area contributed by atoms with E-state index in [-0.39, 0.29) is 23.9 Å². The summed E-state index contributed by atoms with van der Waals surface area (Å²) in [6.45, 7) is 12.1. The van der Waals surface area contributed by atoms with E-state index in [1.54, 1.807) is 0 Å². The maximum atomic E-state index is 15.9. The molecule has 8 heterocycles. The van der Waals surface area contributed by atoms with Crippen LogP contribution in [0.2, 0.25) is 0 Å². The van der Waals surface area contributed by atoms with Gasteiger partial charge in [-0.05, 0) is 117 Å². The number of aliphatic hydroxyl groups is 21. The number of aliphatic hydroxyl groups excluding tert-OH is 21. The Labute approximate surface area is 646 Å². The summed E-state index contributed by atoms with van der Waals surface area (Å²) < 4.78 is 95.4. The van der Waals surface area contributed by atoms with Gasteiger partial charge in [0.1, 0.15) is 153 Å². The Balaban J connectivity index is 0.701. The molecular formula is C74H120O38. The maximum Gasteiger partial charge on any atom is 0.315 e. The van der Waals surface area contributed by atoms with Crippen LogP contribution in [0, 0.1) is 50.2 Å². The van der Waals surface area contributed by atoms with Crippen molar-refractivity contribution in [2.45, 2.75) is 347 Å². The molecule has 0 unspecified atom stereocenters. The van der Waals surface area contributed by atoms with E-state index in [4.69, 9.17) is 75.8 Å². The van der Waals surface area contributed by atoms with E-state index in [2.05, 4.69) is 40.7 Å². The summed E-state index contributed by atoms with van der Waals surface area (Å²) in [7, 11) is 0. The molecule has 0 radical (unpaired) electrons. The topological polar surface area (TPSA) is 590 Å². The Morgan fingerprint density at radius 2 is 0.955 bits per heavy atom. The average molecular weight is 1620 g/mol. The monoisotopic (exact) mass is 1620 g/mol. The van der Waals surface area contributed by atoms with Crippen LogP contribution >= 0.6 is 0 Å². The summed E-state index contributed by atoms with van der Waals surface area (Å²) in [5.74, 6) is -1.37. The molecule has 4 saturated carbocycles. The highest BCUT2D eigenvalue weighted by atomic mass is 16.8. The van der Waals surface area contributed by atoms with E-state index in [9.17, 15) is 107 Å². The molecule has 45 atom stereocenters. The minimum absolute atomic E-state index is 0.00818. The molecule has 21 N–H and O–H groups in total. The van der Waals surface area contributed by atoms with Crippen LogP contribution in [0.15, 0.2) is 11.6 Å². The van der Waals surface area contributed by atoms with Crippen LogP contribution in [0.5, 0.6) is 0 Å². The molecule has 13 aliphatic rings. The lowest BCUT2D eigenvalue weighted by molar-refractivity contribution is -0.382. The van der Waals surface area contributed by atoms with E-state index >= 15 is 4.79 Å². The quantitative estimate of drug-likeness (QED) is 0.0325. The number of hydrogen-bond acceptors (Lipinski definition) is 38. The lowest BCUT2D eigenvalue weighted by atomic mass is 9.33. The predicted molar refractivity (Wildman–Crippen MR) is 368 cm³/mol. The molecule has 112 heavy (non-hydrogen) atoms. The van der Waals surface area contributed by atoms with Gasteiger partial charge in [0.15, 0.2) is 50.1 Å². The van der Waals surface area contributed by atoms with Crippen LogP contribution in [0.4, 0.5) is 0 Å². The van der Waals surface area contributed by atoms with Crippen molar-refractivity contribution >= 4 is 5.97 Å². The Morgan fingerprint density at radius 3 is 1.60 bits per heavy atom. The second kappa shape index (κ2) is 33.6. The number of hydrogen-bond donors (Lipinski definition) is 21. The van der Waals surface area contributed by atoms with Crippen molar-refractivity contribution < 1.29 is 188 Å². The van der Waals surface area contributed by atoms with Crippen LogP contribution < -0.4 is 0 Å². The van der Waals surface area contributed by atoms with Crippen molar-refractivity contribution in [2.75, 3.05) is 46.2 Å². The van der Waals surface area contributed by atoms with Crippen molar-refractivity contribution in [3.63, 3.8) is 0 Å². The average Bonchev–Trinajstić information content (AvgIpc) is 0.673. The number of esters is 1. The zero-order valence-corrected chi connectivity index (χ0v) is 64.0. The number of allylic oxidation sites excluding steroid dienone is 2. The Bertz CT molecular complexity index is 3200. The lowest BCUT2D eigenvalue weighted by Crippen LogP contribution is -2.67. The second-order valence-corrected chi connectivity index (χ2v) is 35.6. The van der Waals surface area contributed by atoms with Gasteiger partial charge in [0.05, 0.1) is 70.0 Å². The largest absolute Gasteiger partial charge is 0.432 e. The molecule has 8 saturated heterocycles. The first-order valence-corrected chi connectivity index (χ1v) is 39.4. The van der Waals surface area contributed by atoms with Crippen LogP contribution in [-0.2, 0) is 80.6 Å². The molecule has 12 fully saturated rings. The molecule has 5 aliphatic carbocycles. The fraction of sp³-hybridized carbons (Fsp3) is 0.959. The smallest absolute Gasteiger partial charge is 0.315 e. The molecule has 0 aromatic heterocycles. The third-order valence-electron chi connectivity index (χ3n) is 28.4. The molecule has 0 aromatic carbocycles. The van der Waals surface area contributed by atoms with E-state index in [1.165, 1.54) is 13.8 Å². The van der Waals surface area contributed by atoms with Gasteiger partial charge in [-0.2, -0.15) is 0 Å². The molecule has 644 valence electrons. The zero-order valence-electron chi connectivity index (χ0n) is 64.0. The Morgan fingerprint density at radius 1 is 0.438 bits per heavy atom. The van der Waals surface area contributed by atoms with Crippen molar-refractivity contribution in [3.05, 3.63) is 11.6 Å². The second-order valence-electron chi connectivity index (χ2n) is 35.6. The summed E-state index contributed by atoms with van der Waals surface area (Å²) >= 11 is 0. The summed E-state index contributed by atoms with van der Waals surface area (Å²) in [4.78, 5) is 15.9. The van der Waals surface area contributed by atoms with Crippen molar-refractivity contribution in [2.24, 2.45) is 50.2 Å². The van der Waals surface area contributed by atoms with Gasteiger partial charge in [0.2, 0.25) is 6.29 Å². The zero-order chi connectivity index (χ0) is 81.3. The number of fused-ring (bicyclic) bond motifs is 7. The summed E-state index contributed by atoms with van der Waals surface area (Å²) in [6.07, 6.45) is -53.9. The molecule has 38 heteroatoms. The molecule has 13 rings (SSSR count). The van der Waals surface area contributed by atoms with Crippen molar-refractivity contribution in [1.29, 1.82) is 0 Å². The van der Waals surface area contributed by atoms with Gasteiger partial charge in [0, 0.05) is 5.41 Å². The standard InChI is InChI=1S/C74H120O38/c1-27-40(80)47(87)53(93)64(102-27)108-56-34(20-75)104-61(54(94)49(56)89)100-24-35-45(85)48(88)59(110-62-51(91)43(83)32(78)22-98-62)67(106-35)112-68(96)74-17-15-69(3,4)19-30(74)29-9-10-38-70(5)13-12-39(71(6,26-76)37(70)11-14-73(38,8)72(29,7)16-18-74)107-66-58(44(84)33(79)23-99-66)111-65-55(95)57(41(81)28(2)103-65)109-63-52(92)46(86)36(25-101-63)105-60-50(90)42(82)31(77)21-97-60/h9,27-28,30-67,75-95H,10-26H2,1-8H3/t27-,28-,30-,31+,32+,33-,34+,35+,36+,37+,38+,39-,40-,41-,42-,43-,44-,45+,46-,47+,48-,49+,50+,51+,52+,53+,54+,55+,56+,57+,58+,59+,60-,61+,62-,63-,64-,65-,66-,67-,70-,71-,72+,73+,74-/m0/s1. The lowest BCUT2D eigenvalue weighted by Gasteiger charge is -2.71. The first kappa shape index (κ1) is 87.6. The van der Waals surface area contributed by atoms with Crippen LogP contribution in [0.25, 0.3) is 0 Å². The SMILES string of the molecule is C[C@@H]1O[C@@H](O[C@H]2[C@H](O)[C@@H](O)[C@H](OC[C@H]3O[C@@H](OC(=O)[C@]45CCC(C)(C)C[C@H]4C4=CC[C@@H]6[C@@]7(C)CC[C@H](O[C@@H]8OC[C@H](O)[C@H](O)[C@H]8O[C@@H]8O[C@@H](C)[C@H](O)[C@@H](O[C@@H]9OC[C@@H](O[C@@H]%10OC[C@@H](O)[C@H](O)[C@H]%10O)[C@H](O)[C@H]9O)[C@H]8O)[C@@](C)(CO)[C@@H]7CC[C@@]6(C)[C@]4(C)CC5)[C@H](O[C@@H]4OC[C@@H](O)[C@H](O)[C@H]4O)[C@@H](O)[C@@H]3O)O[C@@H]2CO)[C@H](O)[C@H](O)[C@H]1O. The summed E-state index contributed by atoms with van der Waals surface area (Å²) in [6, 6.07) is 0. The van der Waals surface area contributed by atoms with Gasteiger partial charge in [0.25, 0.3) is 0 Å². The van der Waals surface area contributed by atoms with E-state index in [0.29, 0.717) is 64.2 Å². The fourth-order valence-electron chi connectivity index (χ4n) is 21.1. The van der Waals surface area contributed by atoms with Gasteiger partial charge < -0.3 is 183 Å². The first-order chi connectivity index (χ1) is 52.7. The molecular weight excluding hydrogens is 1500 g/mol. The van der Waals surface area contributed by atoms with E-state index in [1.807, 2.05) is 6.92 Å². The molecule has 0 amide bonds. The molecule has 8 aliphatic heterocycles. The van der Waals surface area contributed by atoms with Gasteiger partial charge in [-0.15, -0.1) is 0 Å². The van der Waals surface area contributed by atoms with Gasteiger partial charge in [-0.1, -0.05) is 53.2 Å². The highest BCUT2D eigenvalue weighted by Crippen LogP contribution is 2.76. The van der Waals surface area contributed by atoms with Gasteiger partial charge in [-0.3, -0.25) is 4.79 Å². The third kappa shape index (κ3) is 15.6. The van der Waals surface area contributed by atoms with Crippen LogP contribution in [0.1, 0.15) is 120 Å². The number of rotatable bonds is 19. The first-order valence-electron chi connectivity index (χ1n) is 39.4. The minimum Gasteiger partial charge on any atom is -0.432 e. The van der Waals surface area contributed by atoms with Gasteiger partial charge >= 0.3 is 5.97 Å². The number of carbonyl (C=O) groups excluding carboxylic acids is 1. The van der Waals surface area contributed by atoms with E-state index < -0.39 is 306 Å². The molecule has 0 bridgehead atoms. The Kier molecular flexibility index (Phi) is 26.3. The van der Waals surface area contributed by atoms with Crippen LogP contribution in [-0.4, -0.2) is 387 Å². The highest BCUT2D eigenvalue weighted by Gasteiger charge is 2.71. The molecule has 0 aromatic rings. The molecule has 38 nitrogen and oxygen atoms in total. The predicted octanol–water partition coefficient (Wildman–Crippen LogP) is -7.15. The fourth-order valence-corrected chi connectivity index (χ4v) is 21.1. The van der Waals surface area contributed by atoms with Crippen molar-refractivity contribution in [3.8, 4) is 0 Å². The number of ether oxygens (including phenoxy) is 16. The normalized spacial score (nSPS) is 55.3. The summed E-state index contributed by atoms with van der Waals surface area (Å²) in [5.41, 5.74) is -2.88. The Hall–Kier alpha value is -2.23. The van der Waals surface area contributed by atoms with E-state index in [0.717, 1.165) is 5.57 Å². The number of carbonyl (C=O) groups is 1. The van der Waals surface area contributed by atoms with Gasteiger partial charge in [-0.25, -0.2) is 0 Å². The summed E-state index contributed by atoms with van der Waals surface area (Å²) in [5, 5.41) is 231. The maximum absolute atomic E-state index is 15.9. The molecule has 0 spiro atoms. The van der Waals surface area contributed by atoms with Crippen molar-refractivity contribution in [1.82, 2.24) is 0 Å². The highest BCUT2D eigenvalue weighted by molar-refractivity contribution is 5.79. The van der Waals surface area contributed by atoms with Crippen LogP contribution in [0.3, 0.4) is 0 Å².